The summed E-state index contributed by atoms with van der Waals surface area (Å²) in [6.45, 7) is 5.84. The minimum Gasteiger partial charge on any atom is -0.458 e. The number of sulfonamides is 1. The number of furan rings is 1. The highest BCUT2D eigenvalue weighted by atomic mass is 32.2. The molecule has 1 amide bonds. The van der Waals surface area contributed by atoms with Crippen LogP contribution in [-0.4, -0.2) is 98.2 Å². The number of aryl methyl sites for hydroxylation is 1. The van der Waals surface area contributed by atoms with E-state index in [2.05, 4.69) is 15.1 Å². The molecule has 0 unspecified atom stereocenters. The Labute approximate surface area is 169 Å². The van der Waals surface area contributed by atoms with E-state index in [1.165, 1.54) is 16.6 Å². The first-order valence-electron chi connectivity index (χ1n) is 9.58. The van der Waals surface area contributed by atoms with Gasteiger partial charge in [0.05, 0.1) is 25.0 Å². The summed E-state index contributed by atoms with van der Waals surface area (Å²) in [6, 6.07) is 1.48. The van der Waals surface area contributed by atoms with Gasteiger partial charge in [0.15, 0.2) is 5.76 Å². The second kappa shape index (κ2) is 7.90. The summed E-state index contributed by atoms with van der Waals surface area (Å²) in [7, 11) is -1.70. The molecule has 2 aliphatic heterocycles. The number of hydrogen-bond donors (Lipinski definition) is 1. The molecular formula is C18H25N5O5S. The van der Waals surface area contributed by atoms with Gasteiger partial charge in [-0.25, -0.2) is 8.42 Å². The molecule has 29 heavy (non-hydrogen) atoms. The molecule has 0 aromatic carbocycles. The summed E-state index contributed by atoms with van der Waals surface area (Å²) in [5, 5.41) is 6.77. The highest BCUT2D eigenvalue weighted by molar-refractivity contribution is 7.89. The number of carbonyl (C=O) groups is 1. The average molecular weight is 423 g/mol. The monoisotopic (exact) mass is 423 g/mol. The Hall–Kier alpha value is -2.21. The summed E-state index contributed by atoms with van der Waals surface area (Å²) in [4.78, 5) is 16.8. The van der Waals surface area contributed by atoms with Gasteiger partial charge in [-0.1, -0.05) is 0 Å². The Morgan fingerprint density at radius 1 is 1.14 bits per heavy atom. The standard InChI is InChI=1S/C18H25N5O5S/c1-13-16(29(25,26)23-5-3-21(2)4-6-23)11-15(28-13)17-14(12-19-20-17)18(24)22-7-9-27-10-8-22/h11-12H,3-10H2,1-2H3,(H,19,20). The molecule has 2 aliphatic rings. The van der Waals surface area contributed by atoms with Crippen molar-refractivity contribution in [1.29, 1.82) is 0 Å². The molecule has 2 saturated heterocycles. The van der Waals surface area contributed by atoms with E-state index in [0.717, 1.165) is 0 Å². The molecule has 158 valence electrons. The number of ether oxygens (including phenoxy) is 1. The fourth-order valence-corrected chi connectivity index (χ4v) is 5.17. The second-order valence-electron chi connectivity index (χ2n) is 7.30. The van der Waals surface area contributed by atoms with Crippen LogP contribution in [-0.2, 0) is 14.8 Å². The highest BCUT2D eigenvalue weighted by Crippen LogP contribution is 2.31. The van der Waals surface area contributed by atoms with Crippen LogP contribution in [0.15, 0.2) is 21.6 Å². The Balaban J connectivity index is 1.62. The summed E-state index contributed by atoms with van der Waals surface area (Å²) < 4.78 is 38.7. The van der Waals surface area contributed by atoms with E-state index < -0.39 is 10.0 Å². The maximum atomic E-state index is 13.1. The Morgan fingerprint density at radius 2 is 1.83 bits per heavy atom. The number of carbonyl (C=O) groups excluding carboxylic acids is 1. The van der Waals surface area contributed by atoms with Gasteiger partial charge in [-0.3, -0.25) is 9.89 Å². The number of H-pyrrole nitrogens is 1. The summed E-state index contributed by atoms with van der Waals surface area (Å²) in [6.07, 6.45) is 1.44. The zero-order valence-corrected chi connectivity index (χ0v) is 17.4. The predicted molar refractivity (Wildman–Crippen MR) is 104 cm³/mol. The van der Waals surface area contributed by atoms with Gasteiger partial charge in [-0.05, 0) is 14.0 Å². The minimum atomic E-state index is -3.67. The van der Waals surface area contributed by atoms with Crippen molar-refractivity contribution in [3.63, 3.8) is 0 Å². The Bertz CT molecular complexity index is 984. The van der Waals surface area contributed by atoms with Crippen molar-refractivity contribution in [1.82, 2.24) is 24.3 Å². The zero-order chi connectivity index (χ0) is 20.6. The van der Waals surface area contributed by atoms with Crippen LogP contribution in [0.1, 0.15) is 16.1 Å². The molecular weight excluding hydrogens is 398 g/mol. The van der Waals surface area contributed by atoms with E-state index >= 15 is 0 Å². The quantitative estimate of drug-likeness (QED) is 0.757. The van der Waals surface area contributed by atoms with Crippen molar-refractivity contribution in [2.24, 2.45) is 0 Å². The van der Waals surface area contributed by atoms with Crippen molar-refractivity contribution in [3.05, 3.63) is 23.6 Å². The number of piperazine rings is 1. The van der Waals surface area contributed by atoms with Crippen molar-refractivity contribution >= 4 is 15.9 Å². The average Bonchev–Trinajstić information content (AvgIpc) is 3.35. The molecule has 0 atom stereocenters. The lowest BCUT2D eigenvalue weighted by Gasteiger charge is -2.31. The largest absolute Gasteiger partial charge is 0.458 e. The van der Waals surface area contributed by atoms with Crippen LogP contribution in [0.25, 0.3) is 11.5 Å². The van der Waals surface area contributed by atoms with E-state index in [9.17, 15) is 13.2 Å². The summed E-state index contributed by atoms with van der Waals surface area (Å²) in [5.41, 5.74) is 0.730. The van der Waals surface area contributed by atoms with Crippen molar-refractivity contribution in [2.75, 3.05) is 59.5 Å². The number of aromatic amines is 1. The third-order valence-corrected chi connectivity index (χ3v) is 7.37. The van der Waals surface area contributed by atoms with Crippen molar-refractivity contribution in [3.8, 4) is 11.5 Å². The van der Waals surface area contributed by atoms with Gasteiger partial charge in [0.25, 0.3) is 5.91 Å². The molecule has 4 rings (SSSR count). The molecule has 0 bridgehead atoms. The third-order valence-electron chi connectivity index (χ3n) is 5.37. The molecule has 10 nitrogen and oxygen atoms in total. The van der Waals surface area contributed by atoms with Crippen LogP contribution < -0.4 is 0 Å². The number of rotatable bonds is 4. The Kier molecular flexibility index (Phi) is 5.47. The molecule has 11 heteroatoms. The van der Waals surface area contributed by atoms with Crippen LogP contribution in [0.4, 0.5) is 0 Å². The number of aromatic nitrogens is 2. The van der Waals surface area contributed by atoms with E-state index in [1.54, 1.807) is 11.8 Å². The zero-order valence-electron chi connectivity index (χ0n) is 16.5. The fraction of sp³-hybridized carbons (Fsp3) is 0.556. The molecule has 2 aromatic heterocycles. The first-order chi connectivity index (χ1) is 13.9. The number of likely N-dealkylation sites (N-methyl/N-ethyl adjacent to an activating group) is 1. The van der Waals surface area contributed by atoms with Gasteiger partial charge in [-0.15, -0.1) is 0 Å². The van der Waals surface area contributed by atoms with E-state index in [4.69, 9.17) is 9.15 Å². The lowest BCUT2D eigenvalue weighted by atomic mass is 10.2. The van der Waals surface area contributed by atoms with Crippen LogP contribution in [0.5, 0.6) is 0 Å². The summed E-state index contributed by atoms with van der Waals surface area (Å²) >= 11 is 0. The van der Waals surface area contributed by atoms with Gasteiger partial charge in [0.1, 0.15) is 16.3 Å². The molecule has 1 N–H and O–H groups in total. The maximum absolute atomic E-state index is 13.1. The van der Waals surface area contributed by atoms with Crippen LogP contribution in [0, 0.1) is 6.92 Å². The topological polar surface area (TPSA) is 112 Å². The Morgan fingerprint density at radius 3 is 2.52 bits per heavy atom. The second-order valence-corrected chi connectivity index (χ2v) is 9.21. The molecule has 2 aromatic rings. The highest BCUT2D eigenvalue weighted by Gasteiger charge is 2.32. The fourth-order valence-electron chi connectivity index (χ4n) is 3.59. The van der Waals surface area contributed by atoms with E-state index in [0.29, 0.717) is 69.5 Å². The van der Waals surface area contributed by atoms with Gasteiger partial charge < -0.3 is 19.0 Å². The van der Waals surface area contributed by atoms with Crippen molar-refractivity contribution < 1.29 is 22.4 Å². The molecule has 0 aliphatic carbocycles. The number of nitrogens with zero attached hydrogens (tertiary/aromatic N) is 4. The van der Waals surface area contributed by atoms with Crippen LogP contribution in [0.2, 0.25) is 0 Å². The van der Waals surface area contributed by atoms with Gasteiger partial charge in [0, 0.05) is 45.3 Å². The lowest BCUT2D eigenvalue weighted by Crippen LogP contribution is -2.47. The first kappa shape index (κ1) is 20.1. The summed E-state index contributed by atoms with van der Waals surface area (Å²) in [5.74, 6) is 0.386. The van der Waals surface area contributed by atoms with Gasteiger partial charge in [-0.2, -0.15) is 9.40 Å². The molecule has 2 fully saturated rings. The van der Waals surface area contributed by atoms with Crippen LogP contribution in [0.3, 0.4) is 0 Å². The molecule has 0 spiro atoms. The number of nitrogens with one attached hydrogen (secondary N) is 1. The van der Waals surface area contributed by atoms with Gasteiger partial charge in [0.2, 0.25) is 10.0 Å². The van der Waals surface area contributed by atoms with E-state index in [-0.39, 0.29) is 16.6 Å². The van der Waals surface area contributed by atoms with Crippen LogP contribution >= 0.6 is 0 Å². The van der Waals surface area contributed by atoms with Crippen molar-refractivity contribution in [2.45, 2.75) is 11.8 Å². The first-order valence-corrected chi connectivity index (χ1v) is 11.0. The molecule has 0 radical (unpaired) electrons. The maximum Gasteiger partial charge on any atom is 0.257 e. The third kappa shape index (κ3) is 3.82. The van der Waals surface area contributed by atoms with Gasteiger partial charge >= 0.3 is 0 Å². The smallest absolute Gasteiger partial charge is 0.257 e. The lowest BCUT2D eigenvalue weighted by molar-refractivity contribution is 0.0303. The minimum absolute atomic E-state index is 0.122. The number of amides is 1. The number of hydrogen-bond acceptors (Lipinski definition) is 7. The van der Waals surface area contributed by atoms with E-state index in [1.807, 2.05) is 7.05 Å². The molecule has 0 saturated carbocycles. The SMILES string of the molecule is Cc1oc(-c2[nH]ncc2C(=O)N2CCOCC2)cc1S(=O)(=O)N1CCN(C)CC1. The molecule has 4 heterocycles. The normalized spacial score (nSPS) is 19.6. The predicted octanol–water partition coefficient (Wildman–Crippen LogP) is 0.387. The number of morpholine rings is 1.